The molecular weight excluding hydrogens is 402 g/mol. The van der Waals surface area contributed by atoms with Crippen LogP contribution in [0.2, 0.25) is 0 Å². The van der Waals surface area contributed by atoms with Gasteiger partial charge in [-0.3, -0.25) is 19.5 Å². The highest BCUT2D eigenvalue weighted by atomic mass is 32.2. The summed E-state index contributed by atoms with van der Waals surface area (Å²) < 4.78 is 8.52. The molecule has 2 N–H and O–H groups in total. The lowest BCUT2D eigenvalue weighted by molar-refractivity contribution is 0.0945. The zero-order valence-electron chi connectivity index (χ0n) is 16.4. The van der Waals surface area contributed by atoms with Crippen LogP contribution in [-0.2, 0) is 6.54 Å². The summed E-state index contributed by atoms with van der Waals surface area (Å²) in [4.78, 5) is 33.8. The Kier molecular flexibility index (Phi) is 6.33. The lowest BCUT2D eigenvalue weighted by Gasteiger charge is -2.07. The van der Waals surface area contributed by atoms with Gasteiger partial charge in [0.1, 0.15) is 5.69 Å². The van der Waals surface area contributed by atoms with E-state index in [2.05, 4.69) is 35.0 Å². The van der Waals surface area contributed by atoms with Crippen molar-refractivity contribution in [3.05, 3.63) is 54.4 Å². The molecule has 3 aromatic rings. The number of hydrogen-bond acceptors (Lipinski definition) is 9. The molecule has 4 rings (SSSR count). The molecule has 9 nitrogen and oxygen atoms in total. The molecule has 154 valence electrons. The van der Waals surface area contributed by atoms with Gasteiger partial charge in [-0.05, 0) is 49.9 Å². The van der Waals surface area contributed by atoms with E-state index < -0.39 is 0 Å². The number of nitrogens with zero attached hydrogens (tertiary/aromatic N) is 5. The molecule has 0 radical (unpaired) electrons. The zero-order chi connectivity index (χ0) is 20.8. The first-order chi connectivity index (χ1) is 14.7. The van der Waals surface area contributed by atoms with Crippen LogP contribution in [0.5, 0.6) is 5.88 Å². The number of carbonyl (C=O) groups excluding carboxylic acids is 1. The molecule has 1 aliphatic carbocycles. The third kappa shape index (κ3) is 5.41. The first kappa shape index (κ1) is 20.0. The second-order valence-electron chi connectivity index (χ2n) is 6.58. The van der Waals surface area contributed by atoms with Crippen molar-refractivity contribution in [3.8, 4) is 17.1 Å². The van der Waals surface area contributed by atoms with E-state index >= 15 is 0 Å². The highest BCUT2D eigenvalue weighted by Crippen LogP contribution is 2.33. The average molecular weight is 424 g/mol. The molecule has 0 aliphatic heterocycles. The largest absolute Gasteiger partial charge is 0.477 e. The van der Waals surface area contributed by atoms with Crippen molar-refractivity contribution in [3.63, 3.8) is 0 Å². The molecule has 10 heteroatoms. The van der Waals surface area contributed by atoms with Gasteiger partial charge in [-0.1, -0.05) is 0 Å². The summed E-state index contributed by atoms with van der Waals surface area (Å²) in [7, 11) is 0. The van der Waals surface area contributed by atoms with Gasteiger partial charge in [-0.25, -0.2) is 15.0 Å². The van der Waals surface area contributed by atoms with Gasteiger partial charge in [0, 0.05) is 23.2 Å². The van der Waals surface area contributed by atoms with Crippen LogP contribution >= 0.6 is 11.9 Å². The Morgan fingerprint density at radius 3 is 2.83 bits per heavy atom. The second-order valence-corrected chi connectivity index (χ2v) is 7.69. The fraction of sp³-hybridized carbons (Fsp3) is 0.300. The number of amides is 1. The lowest BCUT2D eigenvalue weighted by Crippen LogP contribution is -2.24. The predicted molar refractivity (Wildman–Crippen MR) is 114 cm³/mol. The zero-order valence-corrected chi connectivity index (χ0v) is 17.2. The number of aromatic nitrogens is 5. The van der Waals surface area contributed by atoms with Gasteiger partial charge >= 0.3 is 0 Å². The van der Waals surface area contributed by atoms with E-state index in [0.717, 1.165) is 11.3 Å². The fourth-order valence-corrected chi connectivity index (χ4v) is 3.25. The van der Waals surface area contributed by atoms with Crippen molar-refractivity contribution in [2.45, 2.75) is 31.6 Å². The number of carbonyl (C=O) groups is 1. The number of pyridine rings is 1. The van der Waals surface area contributed by atoms with Crippen molar-refractivity contribution in [2.24, 2.45) is 0 Å². The Bertz CT molecular complexity index is 1010. The molecule has 0 aromatic carbocycles. The summed E-state index contributed by atoms with van der Waals surface area (Å²) in [5.41, 5.74) is 2.41. The Hall–Kier alpha value is -3.27. The van der Waals surface area contributed by atoms with E-state index in [1.807, 2.05) is 6.92 Å². The van der Waals surface area contributed by atoms with Gasteiger partial charge in [0.15, 0.2) is 0 Å². The normalized spacial score (nSPS) is 13.0. The molecule has 3 heterocycles. The molecule has 1 fully saturated rings. The smallest absolute Gasteiger partial charge is 0.270 e. The van der Waals surface area contributed by atoms with E-state index in [-0.39, 0.29) is 12.5 Å². The second kappa shape index (κ2) is 9.49. The Labute approximate surface area is 178 Å². The maximum absolute atomic E-state index is 12.4. The summed E-state index contributed by atoms with van der Waals surface area (Å²) in [6.45, 7) is 2.68. The minimum Gasteiger partial charge on any atom is -0.477 e. The van der Waals surface area contributed by atoms with Crippen molar-refractivity contribution in [2.75, 3.05) is 11.3 Å². The Balaban J connectivity index is 1.34. The molecule has 0 atom stereocenters. The lowest BCUT2D eigenvalue weighted by atomic mass is 10.2. The van der Waals surface area contributed by atoms with Gasteiger partial charge < -0.3 is 10.1 Å². The van der Waals surface area contributed by atoms with Crippen molar-refractivity contribution < 1.29 is 9.53 Å². The molecular formula is C20H21N7O2S. The predicted octanol–water partition coefficient (Wildman–Crippen LogP) is 2.88. The van der Waals surface area contributed by atoms with Crippen molar-refractivity contribution in [1.82, 2.24) is 30.2 Å². The van der Waals surface area contributed by atoms with Crippen LogP contribution in [0, 0.1) is 0 Å². The highest BCUT2D eigenvalue weighted by Gasteiger charge is 2.22. The summed E-state index contributed by atoms with van der Waals surface area (Å²) in [5.74, 6) is 0.721. The molecule has 0 spiro atoms. The van der Waals surface area contributed by atoms with E-state index in [1.54, 1.807) is 54.9 Å². The monoisotopic (exact) mass is 423 g/mol. The summed E-state index contributed by atoms with van der Waals surface area (Å²) in [6, 6.07) is 5.20. The molecule has 1 aliphatic rings. The van der Waals surface area contributed by atoms with Crippen LogP contribution in [0.3, 0.4) is 0 Å². The van der Waals surface area contributed by atoms with Crippen LogP contribution in [0.15, 0.2) is 43.0 Å². The van der Waals surface area contributed by atoms with E-state index in [1.165, 1.54) is 12.8 Å². The van der Waals surface area contributed by atoms with Gasteiger partial charge in [0.25, 0.3) is 5.91 Å². The van der Waals surface area contributed by atoms with Crippen molar-refractivity contribution >= 4 is 23.8 Å². The van der Waals surface area contributed by atoms with Gasteiger partial charge in [0.2, 0.25) is 11.8 Å². The van der Waals surface area contributed by atoms with Crippen molar-refractivity contribution in [1.29, 1.82) is 0 Å². The standard InChI is InChI=1S/C20H21N7O2S/c1-2-29-18-12-21-11-17(26-18)13-3-6-16(23-9-13)19(28)24-10-14-7-8-22-20(25-14)27-30-15-4-5-15/h3,6-9,11-12,15H,2,4-5,10H2,1H3,(H,24,28)(H,22,25,27). The molecule has 3 aromatic heterocycles. The van der Waals surface area contributed by atoms with Crippen LogP contribution in [0.4, 0.5) is 5.95 Å². The molecule has 0 saturated heterocycles. The summed E-state index contributed by atoms with van der Waals surface area (Å²) in [5, 5.41) is 3.48. The third-order valence-corrected chi connectivity index (χ3v) is 5.29. The SMILES string of the molecule is CCOc1cncc(-c2ccc(C(=O)NCc3ccnc(NSC4CC4)n3)nc2)n1. The molecule has 30 heavy (non-hydrogen) atoms. The quantitative estimate of drug-likeness (QED) is 0.501. The van der Waals surface area contributed by atoms with E-state index in [4.69, 9.17) is 4.74 Å². The third-order valence-electron chi connectivity index (χ3n) is 4.18. The van der Waals surface area contributed by atoms with Crippen LogP contribution in [-0.4, -0.2) is 42.7 Å². The highest BCUT2D eigenvalue weighted by molar-refractivity contribution is 8.01. The number of hydrogen-bond donors (Lipinski definition) is 2. The van der Waals surface area contributed by atoms with E-state index in [9.17, 15) is 4.79 Å². The summed E-state index contributed by atoms with van der Waals surface area (Å²) >= 11 is 1.64. The Morgan fingerprint density at radius 2 is 2.07 bits per heavy atom. The number of ether oxygens (including phenoxy) is 1. The molecule has 0 bridgehead atoms. The number of rotatable bonds is 9. The molecule has 1 amide bonds. The Morgan fingerprint density at radius 1 is 1.17 bits per heavy atom. The fourth-order valence-electron chi connectivity index (χ4n) is 2.51. The number of nitrogens with one attached hydrogen (secondary N) is 2. The minimum atomic E-state index is -0.281. The molecule has 1 saturated carbocycles. The van der Waals surface area contributed by atoms with Gasteiger partial charge in [0.05, 0.1) is 36.9 Å². The maximum Gasteiger partial charge on any atom is 0.270 e. The van der Waals surface area contributed by atoms with Gasteiger partial charge in [-0.15, -0.1) is 0 Å². The molecule has 0 unspecified atom stereocenters. The van der Waals surface area contributed by atoms with Crippen LogP contribution in [0.1, 0.15) is 35.9 Å². The number of anilines is 1. The first-order valence-corrected chi connectivity index (χ1v) is 10.5. The average Bonchev–Trinajstić information content (AvgIpc) is 3.62. The minimum absolute atomic E-state index is 0.281. The van der Waals surface area contributed by atoms with Gasteiger partial charge in [-0.2, -0.15) is 0 Å². The first-order valence-electron chi connectivity index (χ1n) is 9.64. The van der Waals surface area contributed by atoms with E-state index in [0.29, 0.717) is 35.1 Å². The maximum atomic E-state index is 12.4. The topological polar surface area (TPSA) is 115 Å². The summed E-state index contributed by atoms with van der Waals surface area (Å²) in [6.07, 6.45) is 8.90. The van der Waals surface area contributed by atoms with Crippen LogP contribution in [0.25, 0.3) is 11.3 Å². The van der Waals surface area contributed by atoms with Crippen LogP contribution < -0.4 is 14.8 Å².